The van der Waals surface area contributed by atoms with Crippen molar-refractivity contribution in [2.45, 2.75) is 6.92 Å². The molecule has 1 aromatic carbocycles. The van der Waals surface area contributed by atoms with Crippen molar-refractivity contribution in [3.05, 3.63) is 33.9 Å². The summed E-state index contributed by atoms with van der Waals surface area (Å²) in [6, 6.07) is 4.23. The van der Waals surface area contributed by atoms with E-state index in [9.17, 15) is 14.9 Å². The highest BCUT2D eigenvalue weighted by atomic mass is 16.6. The van der Waals surface area contributed by atoms with Crippen molar-refractivity contribution in [2.75, 3.05) is 6.61 Å². The summed E-state index contributed by atoms with van der Waals surface area (Å²) in [6.07, 6.45) is 0.540. The van der Waals surface area contributed by atoms with E-state index in [0.717, 1.165) is 0 Å². The highest BCUT2D eigenvalue weighted by Crippen LogP contribution is 2.29. The number of aldehydes is 1. The molecule has 1 aromatic rings. The maximum atomic E-state index is 10.6. The van der Waals surface area contributed by atoms with Gasteiger partial charge in [-0.15, -0.1) is 0 Å². The van der Waals surface area contributed by atoms with E-state index in [-0.39, 0.29) is 23.6 Å². The van der Waals surface area contributed by atoms with Gasteiger partial charge in [0, 0.05) is 6.07 Å². The SMILES string of the molecule is CCOc1c(C=O)cccc1[N+](=O)[O-]. The van der Waals surface area contributed by atoms with Gasteiger partial charge in [-0.2, -0.15) is 0 Å². The van der Waals surface area contributed by atoms with Crippen LogP contribution in [0.2, 0.25) is 0 Å². The number of hydrogen-bond acceptors (Lipinski definition) is 4. The van der Waals surface area contributed by atoms with Crippen molar-refractivity contribution in [1.29, 1.82) is 0 Å². The smallest absolute Gasteiger partial charge is 0.311 e. The van der Waals surface area contributed by atoms with Crippen molar-refractivity contribution < 1.29 is 14.5 Å². The summed E-state index contributed by atoms with van der Waals surface area (Å²) in [4.78, 5) is 20.6. The summed E-state index contributed by atoms with van der Waals surface area (Å²) in [6.45, 7) is 1.98. The second-order valence-corrected chi connectivity index (χ2v) is 2.50. The third kappa shape index (κ3) is 1.87. The molecule has 0 aromatic heterocycles. The zero-order chi connectivity index (χ0) is 10.6. The molecule has 1 rings (SSSR count). The maximum Gasteiger partial charge on any atom is 0.311 e. The molecule has 0 bridgehead atoms. The first-order valence-corrected chi connectivity index (χ1v) is 4.06. The van der Waals surface area contributed by atoms with Crippen LogP contribution in [-0.2, 0) is 0 Å². The normalized spacial score (nSPS) is 9.50. The van der Waals surface area contributed by atoms with Crippen molar-refractivity contribution in [3.8, 4) is 5.75 Å². The molecule has 0 fully saturated rings. The number of benzene rings is 1. The fraction of sp³-hybridized carbons (Fsp3) is 0.222. The first kappa shape index (κ1) is 10.2. The number of nitro groups is 1. The molecular formula is C9H9NO4. The molecule has 0 N–H and O–H groups in total. The molecule has 0 radical (unpaired) electrons. The van der Waals surface area contributed by atoms with E-state index in [1.165, 1.54) is 18.2 Å². The number of carbonyl (C=O) groups excluding carboxylic acids is 1. The molecule has 5 nitrogen and oxygen atoms in total. The molecule has 0 atom stereocenters. The van der Waals surface area contributed by atoms with E-state index in [4.69, 9.17) is 4.74 Å². The van der Waals surface area contributed by atoms with E-state index in [1.807, 2.05) is 0 Å². The van der Waals surface area contributed by atoms with E-state index in [2.05, 4.69) is 0 Å². The minimum absolute atomic E-state index is 0.0370. The van der Waals surface area contributed by atoms with E-state index >= 15 is 0 Å². The highest BCUT2D eigenvalue weighted by molar-refractivity contribution is 5.82. The van der Waals surface area contributed by atoms with Gasteiger partial charge in [0.2, 0.25) is 5.75 Å². The number of rotatable bonds is 4. The average Bonchev–Trinajstić information content (AvgIpc) is 2.18. The summed E-state index contributed by atoms with van der Waals surface area (Å²) in [5.74, 6) is 0.0370. The van der Waals surface area contributed by atoms with Crippen LogP contribution in [0.5, 0.6) is 5.75 Å². The van der Waals surface area contributed by atoms with Gasteiger partial charge in [0.1, 0.15) is 0 Å². The van der Waals surface area contributed by atoms with Crippen LogP contribution in [0.4, 0.5) is 5.69 Å². The summed E-state index contributed by atoms with van der Waals surface area (Å²) < 4.78 is 5.05. The van der Waals surface area contributed by atoms with Crippen LogP contribution in [0.3, 0.4) is 0 Å². The minimum Gasteiger partial charge on any atom is -0.487 e. The van der Waals surface area contributed by atoms with Gasteiger partial charge in [-0.05, 0) is 13.0 Å². The highest BCUT2D eigenvalue weighted by Gasteiger charge is 2.17. The largest absolute Gasteiger partial charge is 0.487 e. The van der Waals surface area contributed by atoms with Crippen molar-refractivity contribution in [2.24, 2.45) is 0 Å². The Morgan fingerprint density at radius 1 is 1.57 bits per heavy atom. The third-order valence-corrected chi connectivity index (χ3v) is 1.64. The van der Waals surface area contributed by atoms with Gasteiger partial charge >= 0.3 is 5.69 Å². The predicted octanol–water partition coefficient (Wildman–Crippen LogP) is 1.81. The molecule has 0 aliphatic carbocycles. The van der Waals surface area contributed by atoms with Gasteiger partial charge < -0.3 is 4.74 Å². The Kier molecular flexibility index (Phi) is 3.17. The lowest BCUT2D eigenvalue weighted by Gasteiger charge is -2.05. The quantitative estimate of drug-likeness (QED) is 0.417. The third-order valence-electron chi connectivity index (χ3n) is 1.64. The fourth-order valence-electron chi connectivity index (χ4n) is 1.08. The van der Waals surface area contributed by atoms with Gasteiger partial charge in [-0.1, -0.05) is 6.07 Å². The van der Waals surface area contributed by atoms with Crippen LogP contribution >= 0.6 is 0 Å². The van der Waals surface area contributed by atoms with Crippen LogP contribution in [-0.4, -0.2) is 17.8 Å². The first-order chi connectivity index (χ1) is 6.70. The summed E-state index contributed by atoms with van der Waals surface area (Å²) in [7, 11) is 0. The van der Waals surface area contributed by atoms with E-state index in [0.29, 0.717) is 6.29 Å². The number of ether oxygens (including phenoxy) is 1. The molecule has 74 valence electrons. The predicted molar refractivity (Wildman–Crippen MR) is 49.7 cm³/mol. The zero-order valence-electron chi connectivity index (χ0n) is 7.60. The lowest BCUT2D eigenvalue weighted by molar-refractivity contribution is -0.385. The average molecular weight is 195 g/mol. The summed E-state index contributed by atoms with van der Waals surface area (Å²) in [5, 5.41) is 10.6. The zero-order valence-corrected chi connectivity index (χ0v) is 7.60. The molecule has 0 aliphatic rings. The Balaban J connectivity index is 3.27. The molecule has 0 saturated heterocycles. The van der Waals surface area contributed by atoms with Gasteiger partial charge in [-0.3, -0.25) is 14.9 Å². The number of hydrogen-bond donors (Lipinski definition) is 0. The summed E-state index contributed by atoms with van der Waals surface area (Å²) >= 11 is 0. The Morgan fingerprint density at radius 3 is 2.79 bits per heavy atom. The molecular weight excluding hydrogens is 186 g/mol. The molecule has 0 aliphatic heterocycles. The molecule has 0 saturated carbocycles. The van der Waals surface area contributed by atoms with Gasteiger partial charge in [0.15, 0.2) is 6.29 Å². The van der Waals surface area contributed by atoms with Crippen LogP contribution in [0.25, 0.3) is 0 Å². The van der Waals surface area contributed by atoms with E-state index in [1.54, 1.807) is 6.92 Å². The fourth-order valence-corrected chi connectivity index (χ4v) is 1.08. The second-order valence-electron chi connectivity index (χ2n) is 2.50. The van der Waals surface area contributed by atoms with Gasteiger partial charge in [-0.25, -0.2) is 0 Å². The van der Waals surface area contributed by atoms with Crippen LogP contribution < -0.4 is 4.74 Å². The van der Waals surface area contributed by atoms with E-state index < -0.39 is 4.92 Å². The van der Waals surface area contributed by atoms with Crippen molar-refractivity contribution >= 4 is 12.0 Å². The summed E-state index contributed by atoms with van der Waals surface area (Å²) in [5.41, 5.74) is 0.0116. The molecule has 14 heavy (non-hydrogen) atoms. The monoisotopic (exact) mass is 195 g/mol. The van der Waals surface area contributed by atoms with Gasteiger partial charge in [0.25, 0.3) is 0 Å². The topological polar surface area (TPSA) is 69.4 Å². The number of nitrogens with zero attached hydrogens (tertiary/aromatic N) is 1. The number of carbonyl (C=O) groups is 1. The Labute approximate surface area is 80.5 Å². The van der Waals surface area contributed by atoms with Gasteiger partial charge in [0.05, 0.1) is 17.1 Å². The lowest BCUT2D eigenvalue weighted by atomic mass is 10.2. The molecule has 0 amide bonds. The molecule has 5 heteroatoms. The maximum absolute atomic E-state index is 10.6. The van der Waals surface area contributed by atoms with Crippen LogP contribution in [0.15, 0.2) is 18.2 Å². The molecule has 0 unspecified atom stereocenters. The number of nitro benzene ring substituents is 1. The standard InChI is InChI=1S/C9H9NO4/c1-2-14-9-7(6-11)4-3-5-8(9)10(12)13/h3-6H,2H2,1H3. The molecule has 0 heterocycles. The lowest BCUT2D eigenvalue weighted by Crippen LogP contribution is -2.00. The minimum atomic E-state index is -0.571. The molecule has 0 spiro atoms. The van der Waals surface area contributed by atoms with Crippen LogP contribution in [0, 0.1) is 10.1 Å². The second kappa shape index (κ2) is 4.36. The number of para-hydroxylation sites is 1. The first-order valence-electron chi connectivity index (χ1n) is 4.06. The Bertz CT molecular complexity index is 362. The van der Waals surface area contributed by atoms with Crippen LogP contribution in [0.1, 0.15) is 17.3 Å². The Morgan fingerprint density at radius 2 is 2.29 bits per heavy atom. The van der Waals surface area contributed by atoms with Crippen molar-refractivity contribution in [1.82, 2.24) is 0 Å². The van der Waals surface area contributed by atoms with Crippen molar-refractivity contribution in [3.63, 3.8) is 0 Å². The Hall–Kier alpha value is -1.91.